The van der Waals surface area contributed by atoms with Crippen molar-refractivity contribution in [2.45, 2.75) is 20.1 Å². The Bertz CT molecular complexity index is 1150. The van der Waals surface area contributed by atoms with Crippen LogP contribution in [-0.2, 0) is 22.7 Å². The Balaban J connectivity index is 2.20. The van der Waals surface area contributed by atoms with Gasteiger partial charge in [-0.25, -0.2) is 10.2 Å². The van der Waals surface area contributed by atoms with Gasteiger partial charge in [-0.3, -0.25) is 24.4 Å². The van der Waals surface area contributed by atoms with Crippen LogP contribution in [0.5, 0.6) is 5.88 Å². The highest BCUT2D eigenvalue weighted by Gasteiger charge is 2.15. The zero-order valence-electron chi connectivity index (χ0n) is 14.9. The van der Waals surface area contributed by atoms with Crippen LogP contribution in [0.2, 0.25) is 0 Å². The minimum Gasteiger partial charge on any atom is -0.494 e. The summed E-state index contributed by atoms with van der Waals surface area (Å²) >= 11 is 0. The third-order valence-electron chi connectivity index (χ3n) is 3.64. The van der Waals surface area contributed by atoms with E-state index in [4.69, 9.17) is 4.74 Å². The second kappa shape index (κ2) is 8.60. The molecule has 0 radical (unpaired) electrons. The Morgan fingerprint density at radius 3 is 2.75 bits per heavy atom. The maximum Gasteiger partial charge on any atom is 0.328 e. The average molecular weight is 388 g/mol. The number of hydrogen-bond donors (Lipinski definition) is 4. The summed E-state index contributed by atoms with van der Waals surface area (Å²) in [5, 5.41) is 22.2. The molecule has 0 aliphatic rings. The Morgan fingerprint density at radius 2 is 2.14 bits per heavy atom. The van der Waals surface area contributed by atoms with Crippen molar-refractivity contribution in [3.05, 3.63) is 59.6 Å². The fraction of sp³-hybridized carbons (Fsp3) is 0.250. The van der Waals surface area contributed by atoms with Crippen LogP contribution < -0.4 is 22.2 Å². The molecule has 0 saturated heterocycles. The number of carbonyl (C=O) groups excluding carboxylic acids is 1. The molecule has 0 spiro atoms. The summed E-state index contributed by atoms with van der Waals surface area (Å²) in [6, 6.07) is 3.37. The highest BCUT2D eigenvalue weighted by Crippen LogP contribution is 2.08. The summed E-state index contributed by atoms with van der Waals surface area (Å²) in [4.78, 5) is 50.8. The summed E-state index contributed by atoms with van der Waals surface area (Å²) in [5.41, 5.74) is -0.0206. The number of aromatic amines is 2. The Kier molecular flexibility index (Phi) is 6.25. The number of H-pyrrole nitrogens is 2. The van der Waals surface area contributed by atoms with E-state index in [1.807, 2.05) is 9.97 Å². The van der Waals surface area contributed by atoms with Crippen molar-refractivity contribution in [1.82, 2.24) is 20.0 Å². The molecule has 146 valence electrons. The molecule has 0 aliphatic carbocycles. The van der Waals surface area contributed by atoms with Crippen LogP contribution in [0.15, 0.2) is 25.6 Å². The van der Waals surface area contributed by atoms with Gasteiger partial charge in [0.2, 0.25) is 5.88 Å². The van der Waals surface area contributed by atoms with E-state index in [0.29, 0.717) is 11.3 Å². The van der Waals surface area contributed by atoms with E-state index in [0.717, 1.165) is 10.8 Å². The topological polar surface area (TPSA) is 182 Å². The van der Waals surface area contributed by atoms with Gasteiger partial charge in [-0.1, -0.05) is 0 Å². The highest BCUT2D eigenvalue weighted by molar-refractivity contribution is 5.83. The molecule has 0 bridgehead atoms. The van der Waals surface area contributed by atoms with Crippen LogP contribution in [0.1, 0.15) is 22.4 Å². The van der Waals surface area contributed by atoms with Crippen molar-refractivity contribution < 1.29 is 14.6 Å². The number of nitrogens with zero attached hydrogens (tertiary/aromatic N) is 3. The molecule has 0 aromatic carbocycles. The lowest BCUT2D eigenvalue weighted by atomic mass is 10.1. The van der Waals surface area contributed by atoms with Gasteiger partial charge < -0.3 is 14.4 Å². The number of amides is 1. The number of aromatic nitrogens is 3. The zero-order chi connectivity index (χ0) is 20.8. The summed E-state index contributed by atoms with van der Waals surface area (Å²) in [6.07, 6.45) is 0.833. The number of pyridine rings is 1. The third kappa shape index (κ3) is 4.40. The highest BCUT2D eigenvalue weighted by atomic mass is 16.5. The van der Waals surface area contributed by atoms with E-state index in [1.165, 1.54) is 7.11 Å². The van der Waals surface area contributed by atoms with Crippen LogP contribution in [0, 0.1) is 18.3 Å². The van der Waals surface area contributed by atoms with Gasteiger partial charge in [-0.2, -0.15) is 10.4 Å². The average Bonchev–Trinajstić information content (AvgIpc) is 2.61. The number of ether oxygens (including phenoxy) is 1. The van der Waals surface area contributed by atoms with Gasteiger partial charge in [-0.15, -0.1) is 0 Å². The van der Waals surface area contributed by atoms with Gasteiger partial charge in [0.1, 0.15) is 23.7 Å². The monoisotopic (exact) mass is 388 g/mol. The Morgan fingerprint density at radius 1 is 1.43 bits per heavy atom. The number of rotatable bonds is 6. The Labute approximate surface area is 156 Å². The van der Waals surface area contributed by atoms with Gasteiger partial charge in [0.15, 0.2) is 0 Å². The first-order chi connectivity index (χ1) is 13.3. The maximum absolute atomic E-state index is 12.4. The van der Waals surface area contributed by atoms with Crippen LogP contribution >= 0.6 is 0 Å². The maximum atomic E-state index is 12.4. The van der Waals surface area contributed by atoms with Crippen molar-refractivity contribution in [2.75, 3.05) is 7.11 Å². The Hall–Kier alpha value is -3.98. The SMILES string of the molecule is COCc1cc(C)n(CC(=O)NN=Cc2c(O)[nH]c(=O)[nH]c2=O)c(=O)c1C#N. The number of methoxy groups -OCH3 is 1. The number of aromatic hydroxyl groups is 1. The summed E-state index contributed by atoms with van der Waals surface area (Å²) in [5.74, 6) is -1.43. The van der Waals surface area contributed by atoms with E-state index in [1.54, 1.807) is 19.1 Å². The lowest BCUT2D eigenvalue weighted by Crippen LogP contribution is -2.33. The minimum absolute atomic E-state index is 0.0769. The normalized spacial score (nSPS) is 10.8. The number of nitrogens with one attached hydrogen (secondary N) is 3. The predicted molar refractivity (Wildman–Crippen MR) is 96.0 cm³/mol. The number of hydrogen-bond acceptors (Lipinski definition) is 8. The molecule has 1 amide bonds. The number of carbonyl (C=O) groups is 1. The fourth-order valence-corrected chi connectivity index (χ4v) is 2.37. The van der Waals surface area contributed by atoms with Gasteiger partial charge in [-0.05, 0) is 13.0 Å². The minimum atomic E-state index is -0.904. The number of aryl methyl sites for hydroxylation is 1. The van der Waals surface area contributed by atoms with Crippen LogP contribution in [0.4, 0.5) is 0 Å². The largest absolute Gasteiger partial charge is 0.494 e. The smallest absolute Gasteiger partial charge is 0.328 e. The van der Waals surface area contributed by atoms with E-state index < -0.39 is 35.1 Å². The molecule has 2 aromatic heterocycles. The van der Waals surface area contributed by atoms with Gasteiger partial charge in [0, 0.05) is 18.4 Å². The lowest BCUT2D eigenvalue weighted by molar-refractivity contribution is -0.121. The number of nitriles is 1. The molecule has 12 nitrogen and oxygen atoms in total. The molecule has 0 atom stereocenters. The molecule has 0 aliphatic heterocycles. The van der Waals surface area contributed by atoms with Gasteiger partial charge >= 0.3 is 5.69 Å². The first-order valence-corrected chi connectivity index (χ1v) is 7.78. The fourth-order valence-electron chi connectivity index (χ4n) is 2.37. The second-order valence-corrected chi connectivity index (χ2v) is 5.59. The molecule has 12 heteroatoms. The van der Waals surface area contributed by atoms with E-state index in [-0.39, 0.29) is 17.7 Å². The standard InChI is InChI=1S/C16H16N6O6/c1-8-3-9(7-28-2)10(4-17)15(26)22(8)6-12(23)21-18-5-11-13(24)19-16(27)20-14(11)25/h3,5H,6-7H2,1-2H3,(H,21,23)(H3,19,20,24,25,27). The molecule has 0 fully saturated rings. The molecule has 4 N–H and O–H groups in total. The number of hydrazone groups is 1. The molecule has 2 aromatic rings. The molecule has 2 rings (SSSR count). The van der Waals surface area contributed by atoms with Crippen molar-refractivity contribution in [3.8, 4) is 11.9 Å². The molecule has 28 heavy (non-hydrogen) atoms. The molecule has 2 heterocycles. The quantitative estimate of drug-likeness (QED) is 0.339. The van der Waals surface area contributed by atoms with Crippen LogP contribution in [0.25, 0.3) is 0 Å². The molecular weight excluding hydrogens is 372 g/mol. The molecule has 0 unspecified atom stereocenters. The first-order valence-electron chi connectivity index (χ1n) is 7.78. The van der Waals surface area contributed by atoms with Gasteiger partial charge in [0.25, 0.3) is 17.0 Å². The van der Waals surface area contributed by atoms with E-state index >= 15 is 0 Å². The third-order valence-corrected chi connectivity index (χ3v) is 3.64. The van der Waals surface area contributed by atoms with Crippen molar-refractivity contribution in [2.24, 2.45) is 5.10 Å². The molecular formula is C16H16N6O6. The summed E-state index contributed by atoms with van der Waals surface area (Å²) in [7, 11) is 1.43. The summed E-state index contributed by atoms with van der Waals surface area (Å²) in [6.45, 7) is 1.24. The lowest BCUT2D eigenvalue weighted by Gasteiger charge is -2.12. The second-order valence-electron chi connectivity index (χ2n) is 5.59. The van der Waals surface area contributed by atoms with Crippen LogP contribution in [-0.4, -0.2) is 38.9 Å². The van der Waals surface area contributed by atoms with Crippen molar-refractivity contribution in [1.29, 1.82) is 5.26 Å². The summed E-state index contributed by atoms with van der Waals surface area (Å²) < 4.78 is 6.04. The van der Waals surface area contributed by atoms with Gasteiger partial charge in [0.05, 0.1) is 12.8 Å². The van der Waals surface area contributed by atoms with E-state index in [9.17, 15) is 29.5 Å². The van der Waals surface area contributed by atoms with Crippen LogP contribution in [0.3, 0.4) is 0 Å². The molecule has 0 saturated carbocycles. The van der Waals surface area contributed by atoms with Crippen molar-refractivity contribution >= 4 is 12.1 Å². The predicted octanol–water partition coefficient (Wildman–Crippen LogP) is -1.59. The van der Waals surface area contributed by atoms with E-state index in [2.05, 4.69) is 10.5 Å². The zero-order valence-corrected chi connectivity index (χ0v) is 14.9. The first kappa shape index (κ1) is 20.3. The van der Waals surface area contributed by atoms with Crippen molar-refractivity contribution in [3.63, 3.8) is 0 Å².